The average molecular weight is 270 g/mol. The highest BCUT2D eigenvalue weighted by molar-refractivity contribution is 5.94. The molecule has 3 heteroatoms. The molecule has 0 bridgehead atoms. The van der Waals surface area contributed by atoms with Crippen molar-refractivity contribution in [2.24, 2.45) is 11.7 Å². The van der Waals surface area contributed by atoms with E-state index in [0.717, 1.165) is 29.8 Å². The van der Waals surface area contributed by atoms with E-state index < -0.39 is 0 Å². The van der Waals surface area contributed by atoms with Gasteiger partial charge in [-0.15, -0.1) is 0 Å². The second kappa shape index (κ2) is 6.58. The van der Waals surface area contributed by atoms with Gasteiger partial charge in [0.2, 0.25) is 0 Å². The van der Waals surface area contributed by atoms with E-state index in [1.54, 1.807) is 0 Å². The van der Waals surface area contributed by atoms with E-state index in [0.29, 0.717) is 12.5 Å². The molecule has 1 aromatic rings. The number of amides is 1. The van der Waals surface area contributed by atoms with E-state index >= 15 is 0 Å². The number of benzene rings is 1. The molecule has 0 aromatic heterocycles. The number of carbonyl (C=O) groups is 1. The summed E-state index contributed by atoms with van der Waals surface area (Å²) in [7, 11) is 0. The fourth-order valence-electron chi connectivity index (χ4n) is 2.28. The third-order valence-corrected chi connectivity index (χ3v) is 3.50. The van der Waals surface area contributed by atoms with Gasteiger partial charge in [0.1, 0.15) is 0 Å². The Morgan fingerprint density at radius 3 is 2.75 bits per heavy atom. The van der Waals surface area contributed by atoms with E-state index in [2.05, 4.69) is 11.8 Å². The van der Waals surface area contributed by atoms with Gasteiger partial charge in [-0.3, -0.25) is 4.79 Å². The number of nitrogens with two attached hydrogens (primary N) is 1. The Morgan fingerprint density at radius 2 is 2.15 bits per heavy atom. The summed E-state index contributed by atoms with van der Waals surface area (Å²) >= 11 is 0. The van der Waals surface area contributed by atoms with Gasteiger partial charge in [0, 0.05) is 24.2 Å². The monoisotopic (exact) mass is 270 g/mol. The molecule has 1 aliphatic carbocycles. The maximum Gasteiger partial charge on any atom is 0.253 e. The predicted molar refractivity (Wildman–Crippen MR) is 81.4 cm³/mol. The first-order valence-corrected chi connectivity index (χ1v) is 7.24. The summed E-state index contributed by atoms with van der Waals surface area (Å²) in [4.78, 5) is 14.5. The van der Waals surface area contributed by atoms with Gasteiger partial charge in [0.15, 0.2) is 0 Å². The largest absolute Gasteiger partial charge is 0.339 e. The van der Waals surface area contributed by atoms with Crippen LogP contribution >= 0.6 is 0 Å². The minimum Gasteiger partial charge on any atom is -0.339 e. The van der Waals surface area contributed by atoms with Crippen molar-refractivity contribution in [3.63, 3.8) is 0 Å². The van der Waals surface area contributed by atoms with Gasteiger partial charge in [0.25, 0.3) is 5.91 Å². The molecule has 0 radical (unpaired) electrons. The minimum absolute atomic E-state index is 0.110. The summed E-state index contributed by atoms with van der Waals surface area (Å²) < 4.78 is 0. The lowest BCUT2D eigenvalue weighted by atomic mass is 10.1. The Morgan fingerprint density at radius 1 is 1.40 bits per heavy atom. The molecule has 1 fully saturated rings. The first-order valence-electron chi connectivity index (χ1n) is 7.24. The van der Waals surface area contributed by atoms with Crippen LogP contribution in [0, 0.1) is 24.7 Å². The van der Waals surface area contributed by atoms with Crippen LogP contribution in [0.25, 0.3) is 0 Å². The van der Waals surface area contributed by atoms with Crippen LogP contribution in [0.3, 0.4) is 0 Å². The number of nitrogens with zero attached hydrogens (tertiary/aromatic N) is 1. The van der Waals surface area contributed by atoms with E-state index in [-0.39, 0.29) is 5.91 Å². The molecule has 0 heterocycles. The van der Waals surface area contributed by atoms with Crippen LogP contribution in [0.5, 0.6) is 0 Å². The summed E-state index contributed by atoms with van der Waals surface area (Å²) in [6.07, 6.45) is 2.51. The van der Waals surface area contributed by atoms with Crippen molar-refractivity contribution >= 4 is 5.91 Å². The Balaban J connectivity index is 2.20. The second-order valence-corrected chi connectivity index (χ2v) is 5.38. The molecule has 1 aromatic carbocycles. The van der Waals surface area contributed by atoms with Crippen LogP contribution in [-0.4, -0.2) is 30.4 Å². The number of aryl methyl sites for hydroxylation is 1. The molecule has 0 atom stereocenters. The maximum absolute atomic E-state index is 12.6. The zero-order chi connectivity index (χ0) is 14.5. The molecule has 1 aliphatic rings. The Hall–Kier alpha value is -1.79. The van der Waals surface area contributed by atoms with Crippen molar-refractivity contribution < 1.29 is 4.79 Å². The fraction of sp³-hybridized carbons (Fsp3) is 0.471. The highest BCUT2D eigenvalue weighted by Crippen LogP contribution is 2.30. The zero-order valence-corrected chi connectivity index (χ0v) is 12.3. The first kappa shape index (κ1) is 14.6. The predicted octanol–water partition coefficient (Wildman–Crippen LogP) is 2.18. The molecule has 106 valence electrons. The summed E-state index contributed by atoms with van der Waals surface area (Å²) in [5.41, 5.74) is 8.04. The molecule has 20 heavy (non-hydrogen) atoms. The van der Waals surface area contributed by atoms with E-state index in [1.165, 1.54) is 12.8 Å². The summed E-state index contributed by atoms with van der Waals surface area (Å²) in [5.74, 6) is 6.66. The number of hydrogen-bond acceptors (Lipinski definition) is 2. The molecular formula is C17H22N2O. The lowest BCUT2D eigenvalue weighted by molar-refractivity contribution is 0.0757. The SMILES string of the molecule is CCN(CC1CC1)C(=O)c1cc(C)cc(C#CCN)c1. The summed E-state index contributed by atoms with van der Waals surface area (Å²) in [5, 5.41) is 0. The standard InChI is InChI=1S/C17H22N2O/c1-3-19(12-14-6-7-14)17(20)16-10-13(2)9-15(11-16)5-4-8-18/h9-11,14H,3,6-8,12,18H2,1-2H3. The molecule has 2 N–H and O–H groups in total. The first-order chi connectivity index (χ1) is 9.63. The Bertz CT molecular complexity index is 550. The maximum atomic E-state index is 12.6. The van der Waals surface area contributed by atoms with Crippen molar-refractivity contribution in [1.29, 1.82) is 0 Å². The molecule has 1 amide bonds. The van der Waals surface area contributed by atoms with Crippen LogP contribution in [0.4, 0.5) is 0 Å². The quantitative estimate of drug-likeness (QED) is 0.852. The lowest BCUT2D eigenvalue weighted by Gasteiger charge is -2.21. The fourth-order valence-corrected chi connectivity index (χ4v) is 2.28. The summed E-state index contributed by atoms with van der Waals surface area (Å²) in [6, 6.07) is 5.79. The highest BCUT2D eigenvalue weighted by atomic mass is 16.2. The van der Waals surface area contributed by atoms with Crippen LogP contribution < -0.4 is 5.73 Å². The number of rotatable bonds is 4. The normalized spacial score (nSPS) is 13.6. The van der Waals surface area contributed by atoms with Gasteiger partial charge in [-0.2, -0.15) is 0 Å². The second-order valence-electron chi connectivity index (χ2n) is 5.38. The molecule has 1 saturated carbocycles. The van der Waals surface area contributed by atoms with Crippen molar-refractivity contribution in [1.82, 2.24) is 4.90 Å². The van der Waals surface area contributed by atoms with Gasteiger partial charge >= 0.3 is 0 Å². The molecule has 0 spiro atoms. The third-order valence-electron chi connectivity index (χ3n) is 3.50. The van der Waals surface area contributed by atoms with Crippen molar-refractivity contribution in [3.05, 3.63) is 34.9 Å². The van der Waals surface area contributed by atoms with Crippen LogP contribution in [0.15, 0.2) is 18.2 Å². The van der Waals surface area contributed by atoms with Crippen LogP contribution in [0.1, 0.15) is 41.3 Å². The minimum atomic E-state index is 0.110. The van der Waals surface area contributed by atoms with Crippen molar-refractivity contribution in [3.8, 4) is 11.8 Å². The van der Waals surface area contributed by atoms with E-state index in [4.69, 9.17) is 5.73 Å². The molecule has 0 unspecified atom stereocenters. The average Bonchev–Trinajstić information content (AvgIpc) is 3.25. The molecule has 0 aliphatic heterocycles. The molecule has 2 rings (SSSR count). The van der Waals surface area contributed by atoms with Gasteiger partial charge in [0.05, 0.1) is 6.54 Å². The van der Waals surface area contributed by atoms with Gasteiger partial charge < -0.3 is 10.6 Å². The van der Waals surface area contributed by atoms with Gasteiger partial charge in [-0.1, -0.05) is 11.8 Å². The van der Waals surface area contributed by atoms with Crippen LogP contribution in [-0.2, 0) is 0 Å². The zero-order valence-electron chi connectivity index (χ0n) is 12.3. The van der Waals surface area contributed by atoms with Crippen LogP contribution in [0.2, 0.25) is 0 Å². The molecule has 0 saturated heterocycles. The van der Waals surface area contributed by atoms with Gasteiger partial charge in [-0.05, 0) is 56.4 Å². The highest BCUT2D eigenvalue weighted by Gasteiger charge is 2.26. The number of hydrogen-bond donors (Lipinski definition) is 1. The van der Waals surface area contributed by atoms with Gasteiger partial charge in [-0.25, -0.2) is 0 Å². The lowest BCUT2D eigenvalue weighted by Crippen LogP contribution is -2.32. The van der Waals surface area contributed by atoms with Crippen molar-refractivity contribution in [2.45, 2.75) is 26.7 Å². The molecule has 3 nitrogen and oxygen atoms in total. The third kappa shape index (κ3) is 3.85. The topological polar surface area (TPSA) is 46.3 Å². The number of carbonyl (C=O) groups excluding carboxylic acids is 1. The molecular weight excluding hydrogens is 248 g/mol. The van der Waals surface area contributed by atoms with E-state index in [9.17, 15) is 4.79 Å². The van der Waals surface area contributed by atoms with E-state index in [1.807, 2.05) is 36.9 Å². The van der Waals surface area contributed by atoms with Crippen molar-refractivity contribution in [2.75, 3.05) is 19.6 Å². The Labute approximate surface area is 121 Å². The Kier molecular flexibility index (Phi) is 4.81. The summed E-state index contributed by atoms with van der Waals surface area (Å²) in [6.45, 7) is 5.99. The smallest absolute Gasteiger partial charge is 0.253 e.